The molecule has 1 heterocycles. The number of hydrogen-bond donors (Lipinski definition) is 2. The Hall–Kier alpha value is -2.37. The number of nitrogens with zero attached hydrogens (tertiary/aromatic N) is 3. The number of unbranched alkanes of at least 4 members (excludes halogenated alkanes) is 2. The molecule has 6 heteroatoms. The van der Waals surface area contributed by atoms with Crippen molar-refractivity contribution < 1.29 is 4.74 Å². The van der Waals surface area contributed by atoms with Crippen LogP contribution in [0.4, 0.5) is 11.8 Å². The second kappa shape index (κ2) is 9.61. The first-order valence-electron chi connectivity index (χ1n) is 8.12. The largest absolute Gasteiger partial charge is 0.497 e. The number of methoxy groups -OCH3 is 1. The second-order valence-corrected chi connectivity index (χ2v) is 5.33. The predicted octanol–water partition coefficient (Wildman–Crippen LogP) is 3.14. The SMILES string of the molecule is CCCCCNc1nncc(NCCc2cccc(OC)c2)n1. The van der Waals surface area contributed by atoms with Gasteiger partial charge in [-0.1, -0.05) is 31.9 Å². The maximum atomic E-state index is 5.23. The molecule has 0 saturated heterocycles. The fourth-order valence-corrected chi connectivity index (χ4v) is 2.20. The van der Waals surface area contributed by atoms with E-state index in [2.05, 4.69) is 38.8 Å². The molecule has 124 valence electrons. The molecule has 2 rings (SSSR count). The van der Waals surface area contributed by atoms with Gasteiger partial charge in [0, 0.05) is 13.1 Å². The lowest BCUT2D eigenvalue weighted by Crippen LogP contribution is -2.11. The van der Waals surface area contributed by atoms with Gasteiger partial charge in [0.1, 0.15) is 5.75 Å². The molecule has 1 aromatic heterocycles. The summed E-state index contributed by atoms with van der Waals surface area (Å²) >= 11 is 0. The predicted molar refractivity (Wildman–Crippen MR) is 93.0 cm³/mol. The zero-order valence-electron chi connectivity index (χ0n) is 13.9. The van der Waals surface area contributed by atoms with E-state index in [0.29, 0.717) is 5.95 Å². The molecule has 0 unspecified atom stereocenters. The Bertz CT molecular complexity index is 591. The molecule has 0 aliphatic rings. The quantitative estimate of drug-likeness (QED) is 0.656. The standard InChI is InChI=1S/C17H25N5O/c1-3-4-5-10-19-17-21-16(13-20-22-17)18-11-9-14-7-6-8-15(12-14)23-2/h6-8,12-13H,3-5,9-11H2,1-2H3,(H2,18,19,21,22). The molecule has 2 N–H and O–H groups in total. The fourth-order valence-electron chi connectivity index (χ4n) is 2.20. The molecule has 0 amide bonds. The number of rotatable bonds is 10. The molecule has 23 heavy (non-hydrogen) atoms. The molecule has 0 saturated carbocycles. The average Bonchev–Trinajstić information content (AvgIpc) is 2.59. The summed E-state index contributed by atoms with van der Waals surface area (Å²) in [5, 5.41) is 14.5. The molecule has 0 radical (unpaired) electrons. The van der Waals surface area contributed by atoms with Crippen LogP contribution in [-0.4, -0.2) is 35.4 Å². The van der Waals surface area contributed by atoms with Gasteiger partial charge in [-0.05, 0) is 30.5 Å². The summed E-state index contributed by atoms with van der Waals surface area (Å²) < 4.78 is 5.23. The second-order valence-electron chi connectivity index (χ2n) is 5.33. The topological polar surface area (TPSA) is 72.0 Å². The van der Waals surface area contributed by atoms with Gasteiger partial charge < -0.3 is 15.4 Å². The molecule has 0 atom stereocenters. The van der Waals surface area contributed by atoms with Crippen LogP contribution in [-0.2, 0) is 6.42 Å². The molecule has 6 nitrogen and oxygen atoms in total. The molecule has 2 aromatic rings. The van der Waals surface area contributed by atoms with Crippen molar-refractivity contribution in [1.82, 2.24) is 15.2 Å². The average molecular weight is 315 g/mol. The van der Waals surface area contributed by atoms with Crippen molar-refractivity contribution in [2.45, 2.75) is 32.6 Å². The highest BCUT2D eigenvalue weighted by Crippen LogP contribution is 2.13. The summed E-state index contributed by atoms with van der Waals surface area (Å²) in [7, 11) is 1.68. The maximum absolute atomic E-state index is 5.23. The molecule has 0 bridgehead atoms. The van der Waals surface area contributed by atoms with E-state index in [1.807, 2.05) is 18.2 Å². The zero-order chi connectivity index (χ0) is 16.3. The van der Waals surface area contributed by atoms with Crippen LogP contribution in [0.5, 0.6) is 5.75 Å². The van der Waals surface area contributed by atoms with Crippen molar-refractivity contribution in [3.05, 3.63) is 36.0 Å². The van der Waals surface area contributed by atoms with Crippen molar-refractivity contribution in [2.75, 3.05) is 30.8 Å². The first-order valence-corrected chi connectivity index (χ1v) is 8.12. The maximum Gasteiger partial charge on any atom is 0.244 e. The van der Waals surface area contributed by atoms with Gasteiger partial charge in [-0.3, -0.25) is 0 Å². The van der Waals surface area contributed by atoms with E-state index in [1.54, 1.807) is 13.3 Å². The number of nitrogens with one attached hydrogen (secondary N) is 2. The van der Waals surface area contributed by atoms with E-state index in [1.165, 1.54) is 18.4 Å². The summed E-state index contributed by atoms with van der Waals surface area (Å²) in [4.78, 5) is 4.41. The summed E-state index contributed by atoms with van der Waals surface area (Å²) in [6, 6.07) is 8.07. The van der Waals surface area contributed by atoms with Crippen LogP contribution >= 0.6 is 0 Å². The van der Waals surface area contributed by atoms with Crippen LogP contribution in [0.15, 0.2) is 30.5 Å². The fraction of sp³-hybridized carbons (Fsp3) is 0.471. The number of anilines is 2. The number of ether oxygens (including phenoxy) is 1. The smallest absolute Gasteiger partial charge is 0.244 e. The van der Waals surface area contributed by atoms with E-state index in [4.69, 9.17) is 4.74 Å². The van der Waals surface area contributed by atoms with Crippen LogP contribution < -0.4 is 15.4 Å². The van der Waals surface area contributed by atoms with Gasteiger partial charge in [0.2, 0.25) is 5.95 Å². The normalized spacial score (nSPS) is 10.3. The van der Waals surface area contributed by atoms with Gasteiger partial charge >= 0.3 is 0 Å². The molecule has 1 aromatic carbocycles. The lowest BCUT2D eigenvalue weighted by Gasteiger charge is -2.08. The summed E-state index contributed by atoms with van der Waals surface area (Å²) in [6.07, 6.45) is 6.06. The Kier molecular flexibility index (Phi) is 7.10. The highest BCUT2D eigenvalue weighted by molar-refractivity contribution is 5.37. The Morgan fingerprint density at radius 1 is 1.13 bits per heavy atom. The number of hydrogen-bond acceptors (Lipinski definition) is 6. The van der Waals surface area contributed by atoms with Crippen molar-refractivity contribution in [3.63, 3.8) is 0 Å². The first kappa shape index (κ1) is 17.0. The summed E-state index contributed by atoms with van der Waals surface area (Å²) in [6.45, 7) is 3.84. The van der Waals surface area contributed by atoms with Crippen LogP contribution in [0.1, 0.15) is 31.7 Å². The van der Waals surface area contributed by atoms with E-state index < -0.39 is 0 Å². The number of aromatic nitrogens is 3. The monoisotopic (exact) mass is 315 g/mol. The lowest BCUT2D eigenvalue weighted by molar-refractivity contribution is 0.414. The Labute approximate surface area is 137 Å². The number of benzene rings is 1. The molecule has 0 aliphatic carbocycles. The van der Waals surface area contributed by atoms with Crippen LogP contribution in [0.3, 0.4) is 0 Å². The van der Waals surface area contributed by atoms with E-state index in [-0.39, 0.29) is 0 Å². The molecular formula is C17H25N5O. The molecule has 0 aliphatic heterocycles. The van der Waals surface area contributed by atoms with Crippen molar-refractivity contribution >= 4 is 11.8 Å². The highest BCUT2D eigenvalue weighted by Gasteiger charge is 2.01. The first-order chi connectivity index (χ1) is 11.3. The summed E-state index contributed by atoms with van der Waals surface area (Å²) in [5.41, 5.74) is 1.22. The Balaban J connectivity index is 1.78. The highest BCUT2D eigenvalue weighted by atomic mass is 16.5. The van der Waals surface area contributed by atoms with Crippen molar-refractivity contribution in [2.24, 2.45) is 0 Å². The van der Waals surface area contributed by atoms with Crippen LogP contribution in [0.2, 0.25) is 0 Å². The van der Waals surface area contributed by atoms with Crippen molar-refractivity contribution in [1.29, 1.82) is 0 Å². The van der Waals surface area contributed by atoms with E-state index in [0.717, 1.165) is 37.5 Å². The zero-order valence-corrected chi connectivity index (χ0v) is 13.9. The minimum absolute atomic E-state index is 0.576. The van der Waals surface area contributed by atoms with E-state index in [9.17, 15) is 0 Å². The van der Waals surface area contributed by atoms with Gasteiger partial charge in [0.15, 0.2) is 5.82 Å². The van der Waals surface area contributed by atoms with Gasteiger partial charge in [-0.15, -0.1) is 5.10 Å². The van der Waals surface area contributed by atoms with Gasteiger partial charge in [-0.25, -0.2) is 0 Å². The molecule has 0 spiro atoms. The van der Waals surface area contributed by atoms with Gasteiger partial charge in [0.25, 0.3) is 0 Å². The van der Waals surface area contributed by atoms with Crippen molar-refractivity contribution in [3.8, 4) is 5.75 Å². The third-order valence-electron chi connectivity index (χ3n) is 3.48. The Morgan fingerprint density at radius 2 is 2.04 bits per heavy atom. The molecular weight excluding hydrogens is 290 g/mol. The van der Waals surface area contributed by atoms with Crippen LogP contribution in [0.25, 0.3) is 0 Å². The Morgan fingerprint density at radius 3 is 2.87 bits per heavy atom. The third kappa shape index (κ3) is 6.10. The lowest BCUT2D eigenvalue weighted by atomic mass is 10.1. The molecule has 0 fully saturated rings. The van der Waals surface area contributed by atoms with E-state index >= 15 is 0 Å². The van der Waals surface area contributed by atoms with Gasteiger partial charge in [-0.2, -0.15) is 10.1 Å². The van der Waals surface area contributed by atoms with Gasteiger partial charge in [0.05, 0.1) is 13.3 Å². The van der Waals surface area contributed by atoms with Crippen LogP contribution in [0, 0.1) is 0 Å². The minimum atomic E-state index is 0.576. The minimum Gasteiger partial charge on any atom is -0.497 e. The summed E-state index contributed by atoms with van der Waals surface area (Å²) in [5.74, 6) is 2.19. The third-order valence-corrected chi connectivity index (χ3v) is 3.48.